The molecule has 2 aromatic carbocycles. The van der Waals surface area contributed by atoms with Crippen LogP contribution < -0.4 is 5.32 Å². The van der Waals surface area contributed by atoms with Gasteiger partial charge in [-0.1, -0.05) is 47.6 Å². The van der Waals surface area contributed by atoms with E-state index < -0.39 is 0 Å². The minimum Gasteiger partial charge on any atom is -0.392 e. The largest absolute Gasteiger partial charge is 0.392 e. The third-order valence-corrected chi connectivity index (χ3v) is 6.19. The highest BCUT2D eigenvalue weighted by atomic mass is 35.5. The summed E-state index contributed by atoms with van der Waals surface area (Å²) in [6.07, 6.45) is 8.67. The number of aliphatic hydroxyl groups is 1. The van der Waals surface area contributed by atoms with Gasteiger partial charge in [0.05, 0.1) is 28.4 Å². The second-order valence-electron chi connectivity index (χ2n) is 6.71. The number of pyridine rings is 1. The number of aryl methyl sites for hydroxylation is 1. The maximum atomic E-state index is 9.59. The van der Waals surface area contributed by atoms with Gasteiger partial charge in [-0.15, -0.1) is 0 Å². The summed E-state index contributed by atoms with van der Waals surface area (Å²) in [5.41, 5.74) is 3.54. The van der Waals surface area contributed by atoms with Crippen LogP contribution in [0.5, 0.6) is 0 Å². The van der Waals surface area contributed by atoms with Crippen molar-refractivity contribution in [1.29, 1.82) is 5.26 Å². The highest BCUT2D eigenvalue weighted by Crippen LogP contribution is 2.36. The minimum absolute atomic E-state index is 0.0270. The van der Waals surface area contributed by atoms with E-state index in [1.165, 1.54) is 11.8 Å². The van der Waals surface area contributed by atoms with Crippen molar-refractivity contribution >= 4 is 51.7 Å². The van der Waals surface area contributed by atoms with Crippen LogP contribution in [0.4, 0.5) is 11.4 Å². The van der Waals surface area contributed by atoms with Gasteiger partial charge in [-0.2, -0.15) is 5.26 Å². The molecular weight excluding hydrogens is 430 g/mol. The zero-order valence-corrected chi connectivity index (χ0v) is 18.2. The molecule has 154 valence electrons. The van der Waals surface area contributed by atoms with E-state index in [4.69, 9.17) is 16.7 Å². The van der Waals surface area contributed by atoms with E-state index in [0.29, 0.717) is 16.3 Å². The molecule has 0 bridgehead atoms. The molecule has 0 spiro atoms. The molecule has 0 unspecified atom stereocenters. The molecule has 6 nitrogen and oxygen atoms in total. The Hall–Kier alpha value is -3.31. The lowest BCUT2D eigenvalue weighted by Crippen LogP contribution is -1.97. The van der Waals surface area contributed by atoms with Gasteiger partial charge in [0, 0.05) is 41.6 Å². The van der Waals surface area contributed by atoms with Gasteiger partial charge in [0.2, 0.25) is 0 Å². The number of benzene rings is 2. The van der Waals surface area contributed by atoms with E-state index in [2.05, 4.69) is 21.4 Å². The SMILES string of the molecule is Cn1ccnc1Sc1ccc(Nc2c(C#N)cnc3cc(/C=C/CO)ccc23)cc1Cl. The molecule has 0 aliphatic carbocycles. The maximum Gasteiger partial charge on any atom is 0.172 e. The van der Waals surface area contributed by atoms with Gasteiger partial charge >= 0.3 is 0 Å². The van der Waals surface area contributed by atoms with Crippen LogP contribution in [0, 0.1) is 11.3 Å². The summed E-state index contributed by atoms with van der Waals surface area (Å²) in [6, 6.07) is 13.6. The first kappa shape index (κ1) is 20.9. The van der Waals surface area contributed by atoms with Crippen LogP contribution in [-0.4, -0.2) is 26.2 Å². The predicted molar refractivity (Wildman–Crippen MR) is 125 cm³/mol. The van der Waals surface area contributed by atoms with Crippen molar-refractivity contribution in [3.05, 3.63) is 77.2 Å². The van der Waals surface area contributed by atoms with Crippen molar-refractivity contribution in [2.24, 2.45) is 7.05 Å². The fourth-order valence-corrected chi connectivity index (χ4v) is 4.18. The number of nitrogens with one attached hydrogen (secondary N) is 1. The fraction of sp³-hybridized carbons (Fsp3) is 0.0870. The highest BCUT2D eigenvalue weighted by Gasteiger charge is 2.12. The summed E-state index contributed by atoms with van der Waals surface area (Å²) < 4.78 is 1.93. The quantitative estimate of drug-likeness (QED) is 0.412. The molecule has 2 N–H and O–H groups in total. The molecule has 0 aliphatic rings. The summed E-state index contributed by atoms with van der Waals surface area (Å²) >= 11 is 8.01. The zero-order valence-electron chi connectivity index (χ0n) is 16.6. The van der Waals surface area contributed by atoms with Gasteiger partial charge in [-0.3, -0.25) is 4.98 Å². The Kier molecular flexibility index (Phi) is 6.23. The molecular formula is C23H18ClN5OS. The smallest absolute Gasteiger partial charge is 0.172 e. The van der Waals surface area contributed by atoms with Gasteiger partial charge in [-0.05, 0) is 29.8 Å². The van der Waals surface area contributed by atoms with Gasteiger partial charge in [0.15, 0.2) is 5.16 Å². The normalized spacial score (nSPS) is 11.2. The predicted octanol–water partition coefficient (Wildman–Crippen LogP) is 5.39. The number of anilines is 2. The summed E-state index contributed by atoms with van der Waals surface area (Å²) in [7, 11) is 1.93. The van der Waals surface area contributed by atoms with Crippen molar-refractivity contribution < 1.29 is 5.11 Å². The number of fused-ring (bicyclic) bond motifs is 1. The van der Waals surface area contributed by atoms with E-state index in [9.17, 15) is 5.26 Å². The van der Waals surface area contributed by atoms with Gasteiger partial charge in [0.25, 0.3) is 0 Å². The summed E-state index contributed by atoms with van der Waals surface area (Å²) in [4.78, 5) is 9.61. The Morgan fingerprint density at radius 1 is 1.26 bits per heavy atom. The monoisotopic (exact) mass is 447 g/mol. The van der Waals surface area contributed by atoms with E-state index >= 15 is 0 Å². The number of hydrogen-bond donors (Lipinski definition) is 2. The number of aromatic nitrogens is 3. The number of rotatable bonds is 6. The van der Waals surface area contributed by atoms with Gasteiger partial charge in [-0.25, -0.2) is 4.98 Å². The molecule has 4 rings (SSSR count). The van der Waals surface area contributed by atoms with Crippen molar-refractivity contribution in [3.8, 4) is 6.07 Å². The first-order valence-corrected chi connectivity index (χ1v) is 10.6. The number of nitrogens with zero attached hydrogens (tertiary/aromatic N) is 4. The van der Waals surface area contributed by atoms with Crippen molar-refractivity contribution in [2.75, 3.05) is 11.9 Å². The van der Waals surface area contributed by atoms with Crippen LogP contribution >= 0.6 is 23.4 Å². The number of nitriles is 1. The van der Waals surface area contributed by atoms with E-state index in [1.54, 1.807) is 18.5 Å². The van der Waals surface area contributed by atoms with Crippen LogP contribution in [0.2, 0.25) is 5.02 Å². The summed E-state index contributed by atoms with van der Waals surface area (Å²) in [6.45, 7) is -0.0270. The Bertz CT molecular complexity index is 1330. The lowest BCUT2D eigenvalue weighted by Gasteiger charge is -2.13. The van der Waals surface area contributed by atoms with Crippen LogP contribution in [0.3, 0.4) is 0 Å². The average molecular weight is 448 g/mol. The third-order valence-electron chi connectivity index (χ3n) is 4.61. The molecule has 31 heavy (non-hydrogen) atoms. The first-order chi connectivity index (χ1) is 15.1. The van der Waals surface area contributed by atoms with E-state index in [0.717, 1.165) is 32.2 Å². The lowest BCUT2D eigenvalue weighted by atomic mass is 10.1. The topological polar surface area (TPSA) is 86.8 Å². The van der Waals surface area contributed by atoms with Crippen molar-refractivity contribution in [2.45, 2.75) is 10.1 Å². The fourth-order valence-electron chi connectivity index (χ4n) is 3.08. The second-order valence-corrected chi connectivity index (χ2v) is 8.13. The Balaban J connectivity index is 1.67. The van der Waals surface area contributed by atoms with E-state index in [-0.39, 0.29) is 6.61 Å². The van der Waals surface area contributed by atoms with Crippen molar-refractivity contribution in [3.63, 3.8) is 0 Å². The van der Waals surface area contributed by atoms with Gasteiger partial charge < -0.3 is 15.0 Å². The molecule has 0 atom stereocenters. The lowest BCUT2D eigenvalue weighted by molar-refractivity contribution is 0.343. The molecule has 4 aromatic rings. The van der Waals surface area contributed by atoms with Crippen molar-refractivity contribution in [1.82, 2.24) is 14.5 Å². The first-order valence-electron chi connectivity index (χ1n) is 9.41. The average Bonchev–Trinajstić information content (AvgIpc) is 3.18. The highest BCUT2D eigenvalue weighted by molar-refractivity contribution is 7.99. The van der Waals surface area contributed by atoms with Crippen LogP contribution in [-0.2, 0) is 7.05 Å². The molecule has 0 amide bonds. The molecule has 2 heterocycles. The Morgan fingerprint density at radius 2 is 2.13 bits per heavy atom. The molecule has 0 saturated carbocycles. The maximum absolute atomic E-state index is 9.59. The minimum atomic E-state index is -0.0270. The molecule has 0 fully saturated rings. The number of halogens is 1. The standard InChI is InChI=1S/C23H18ClN5OS/c1-29-9-8-26-23(29)31-21-7-5-17(12-19(21)24)28-22-16(13-25)14-27-20-11-15(3-2-10-30)4-6-18(20)22/h2-9,11-12,14,30H,10H2,1H3,(H,27,28)/b3-2+. The summed E-state index contributed by atoms with van der Waals surface area (Å²) in [5, 5.41) is 24.2. The third kappa shape index (κ3) is 4.57. The molecule has 0 aliphatic heterocycles. The van der Waals surface area contributed by atoms with Crippen LogP contribution in [0.25, 0.3) is 17.0 Å². The zero-order chi connectivity index (χ0) is 21.8. The molecule has 8 heteroatoms. The van der Waals surface area contributed by atoms with Crippen LogP contribution in [0.1, 0.15) is 11.1 Å². The Morgan fingerprint density at radius 3 is 2.84 bits per heavy atom. The van der Waals surface area contributed by atoms with Crippen LogP contribution in [0.15, 0.2) is 71.1 Å². The van der Waals surface area contributed by atoms with Gasteiger partial charge in [0.1, 0.15) is 6.07 Å². The summed E-state index contributed by atoms with van der Waals surface area (Å²) in [5.74, 6) is 0. The number of imidazole rings is 1. The molecule has 0 saturated heterocycles. The Labute approximate surface area is 188 Å². The number of hydrogen-bond acceptors (Lipinski definition) is 6. The molecule has 2 aromatic heterocycles. The number of aliphatic hydroxyl groups excluding tert-OH is 1. The molecule has 0 radical (unpaired) electrons. The second kappa shape index (κ2) is 9.23. The van der Waals surface area contributed by atoms with E-state index in [1.807, 2.05) is 60.3 Å².